The Bertz CT molecular complexity index is 866. The number of nitro groups is 1. The van der Waals surface area contributed by atoms with Gasteiger partial charge in [0.25, 0.3) is 11.6 Å². The lowest BCUT2D eigenvalue weighted by Gasteiger charge is -2.30. The van der Waals surface area contributed by atoms with E-state index in [0.29, 0.717) is 12.1 Å². The van der Waals surface area contributed by atoms with Crippen LogP contribution in [0.15, 0.2) is 35.0 Å². The number of nitro benzene ring substituents is 1. The summed E-state index contributed by atoms with van der Waals surface area (Å²) < 4.78 is 0. The number of nitrogens with zero attached hydrogens (tertiary/aromatic N) is 2. The van der Waals surface area contributed by atoms with Crippen molar-refractivity contribution >= 4 is 35.3 Å². The summed E-state index contributed by atoms with van der Waals surface area (Å²) in [6.07, 6.45) is 3.19. The summed E-state index contributed by atoms with van der Waals surface area (Å²) in [5, 5.41) is 18.7. The molecule has 1 aliphatic heterocycles. The van der Waals surface area contributed by atoms with Crippen LogP contribution >= 0.6 is 23.7 Å². The molecule has 1 saturated carbocycles. The molecule has 2 heterocycles. The van der Waals surface area contributed by atoms with Crippen molar-refractivity contribution in [3.05, 3.63) is 61.8 Å². The molecule has 2 aromatic rings. The number of halogens is 1. The van der Waals surface area contributed by atoms with Gasteiger partial charge in [-0.3, -0.25) is 14.9 Å². The fourth-order valence-corrected chi connectivity index (χ4v) is 4.90. The van der Waals surface area contributed by atoms with Gasteiger partial charge in [-0.2, -0.15) is 11.3 Å². The second-order valence-electron chi connectivity index (χ2n) is 7.65. The highest BCUT2D eigenvalue weighted by molar-refractivity contribution is 7.07. The van der Waals surface area contributed by atoms with E-state index in [-0.39, 0.29) is 35.5 Å². The zero-order valence-corrected chi connectivity index (χ0v) is 17.4. The predicted octanol–water partition coefficient (Wildman–Crippen LogP) is 4.17. The average molecular weight is 422 g/mol. The van der Waals surface area contributed by atoms with E-state index < -0.39 is 4.92 Å². The molecule has 1 unspecified atom stereocenters. The smallest absolute Gasteiger partial charge is 0.270 e. The first-order valence-corrected chi connectivity index (χ1v) is 10.2. The summed E-state index contributed by atoms with van der Waals surface area (Å²) in [7, 11) is 0. The molecule has 28 heavy (non-hydrogen) atoms. The lowest BCUT2D eigenvalue weighted by Crippen LogP contribution is -2.39. The van der Waals surface area contributed by atoms with Gasteiger partial charge < -0.3 is 10.2 Å². The predicted molar refractivity (Wildman–Crippen MR) is 112 cm³/mol. The molecule has 150 valence electrons. The fourth-order valence-electron chi connectivity index (χ4n) is 4.24. The van der Waals surface area contributed by atoms with Crippen LogP contribution in [0.25, 0.3) is 0 Å². The molecule has 1 aliphatic carbocycles. The number of hydrogen-bond acceptors (Lipinski definition) is 5. The summed E-state index contributed by atoms with van der Waals surface area (Å²) in [6.45, 7) is 4.39. The van der Waals surface area contributed by atoms with Crippen LogP contribution in [-0.2, 0) is 6.54 Å². The van der Waals surface area contributed by atoms with Gasteiger partial charge in [0.2, 0.25) is 0 Å². The number of aryl methyl sites for hydroxylation is 1. The maximum atomic E-state index is 13.5. The highest BCUT2D eigenvalue weighted by Crippen LogP contribution is 2.56. The van der Waals surface area contributed by atoms with Crippen LogP contribution < -0.4 is 5.32 Å². The zero-order chi connectivity index (χ0) is 19.0. The number of thiophene rings is 1. The van der Waals surface area contributed by atoms with Crippen LogP contribution in [0.2, 0.25) is 0 Å². The molecule has 1 spiro atoms. The van der Waals surface area contributed by atoms with Gasteiger partial charge in [0, 0.05) is 30.3 Å². The average Bonchev–Trinajstić information content (AvgIpc) is 3.09. The number of rotatable bonds is 5. The molecule has 1 saturated heterocycles. The zero-order valence-electron chi connectivity index (χ0n) is 15.7. The Hall–Kier alpha value is -1.96. The minimum absolute atomic E-state index is 0. The Morgan fingerprint density at radius 2 is 2.11 bits per heavy atom. The molecule has 1 atom stereocenters. The number of carbonyl (C=O) groups excluding carboxylic acids is 1. The Morgan fingerprint density at radius 3 is 2.75 bits per heavy atom. The van der Waals surface area contributed by atoms with Gasteiger partial charge in [0.1, 0.15) is 0 Å². The van der Waals surface area contributed by atoms with Crippen LogP contribution in [0, 0.1) is 22.5 Å². The van der Waals surface area contributed by atoms with Gasteiger partial charge in [-0.25, -0.2) is 0 Å². The van der Waals surface area contributed by atoms with Crippen LogP contribution in [-0.4, -0.2) is 34.9 Å². The van der Waals surface area contributed by atoms with Gasteiger partial charge in [-0.15, -0.1) is 12.4 Å². The molecule has 8 heteroatoms. The van der Waals surface area contributed by atoms with Crippen LogP contribution in [0.4, 0.5) is 5.69 Å². The molecule has 4 rings (SSSR count). The number of hydrogen-bond donors (Lipinski definition) is 1. The van der Waals surface area contributed by atoms with Crippen LogP contribution in [0.3, 0.4) is 0 Å². The number of carbonyl (C=O) groups is 1. The van der Waals surface area contributed by atoms with Gasteiger partial charge in [0.05, 0.1) is 4.92 Å². The first kappa shape index (κ1) is 20.8. The second kappa shape index (κ2) is 8.19. The van der Waals surface area contributed by atoms with Gasteiger partial charge >= 0.3 is 0 Å². The molecular weight excluding hydrogens is 398 g/mol. The van der Waals surface area contributed by atoms with Crippen molar-refractivity contribution in [2.45, 2.75) is 38.8 Å². The number of non-ortho nitro benzene ring substituents is 1. The van der Waals surface area contributed by atoms with Crippen molar-refractivity contribution in [2.75, 3.05) is 13.1 Å². The van der Waals surface area contributed by atoms with Crippen molar-refractivity contribution in [2.24, 2.45) is 5.41 Å². The van der Waals surface area contributed by atoms with E-state index in [1.54, 1.807) is 17.4 Å². The van der Waals surface area contributed by atoms with Crippen molar-refractivity contribution in [1.29, 1.82) is 0 Å². The highest BCUT2D eigenvalue weighted by Gasteiger charge is 2.57. The third-order valence-corrected chi connectivity index (χ3v) is 6.71. The van der Waals surface area contributed by atoms with Crippen molar-refractivity contribution < 1.29 is 9.72 Å². The monoisotopic (exact) mass is 421 g/mol. The number of piperidine rings is 1. The number of benzene rings is 1. The molecule has 1 amide bonds. The van der Waals surface area contributed by atoms with Gasteiger partial charge in [-0.05, 0) is 72.6 Å². The van der Waals surface area contributed by atoms with Gasteiger partial charge in [0.15, 0.2) is 0 Å². The molecule has 1 N–H and O–H groups in total. The third-order valence-electron chi connectivity index (χ3n) is 5.98. The van der Waals surface area contributed by atoms with E-state index in [9.17, 15) is 14.9 Å². The minimum atomic E-state index is -0.440. The van der Waals surface area contributed by atoms with E-state index in [1.165, 1.54) is 12.1 Å². The van der Waals surface area contributed by atoms with E-state index >= 15 is 0 Å². The number of nitrogens with one attached hydrogen (secondary N) is 1. The van der Waals surface area contributed by atoms with E-state index in [1.807, 2.05) is 23.3 Å². The Morgan fingerprint density at radius 1 is 1.36 bits per heavy atom. The molecular formula is C20H24ClN3O3S. The van der Waals surface area contributed by atoms with Crippen molar-refractivity contribution in [3.8, 4) is 0 Å². The molecule has 6 nitrogen and oxygen atoms in total. The molecule has 2 aliphatic rings. The first-order chi connectivity index (χ1) is 13.0. The Labute approximate surface area is 174 Å². The van der Waals surface area contributed by atoms with E-state index in [4.69, 9.17) is 0 Å². The quantitative estimate of drug-likeness (QED) is 0.580. The third kappa shape index (κ3) is 3.92. The summed E-state index contributed by atoms with van der Waals surface area (Å²) in [5.41, 5.74) is 2.52. The first-order valence-electron chi connectivity index (χ1n) is 9.28. The molecule has 2 fully saturated rings. The summed E-state index contributed by atoms with van der Waals surface area (Å²) in [4.78, 5) is 26.2. The van der Waals surface area contributed by atoms with E-state index in [2.05, 4.69) is 10.7 Å². The summed E-state index contributed by atoms with van der Waals surface area (Å²) in [6, 6.07) is 6.81. The van der Waals surface area contributed by atoms with Crippen molar-refractivity contribution in [3.63, 3.8) is 0 Å². The topological polar surface area (TPSA) is 75.5 Å². The van der Waals surface area contributed by atoms with Crippen LogP contribution in [0.5, 0.6) is 0 Å². The molecule has 0 radical (unpaired) electrons. The molecule has 1 aromatic heterocycles. The molecule has 1 aromatic carbocycles. The van der Waals surface area contributed by atoms with Gasteiger partial charge in [-0.1, -0.05) is 6.07 Å². The summed E-state index contributed by atoms with van der Waals surface area (Å²) in [5.74, 6) is -0.0946. The summed E-state index contributed by atoms with van der Waals surface area (Å²) >= 11 is 1.62. The lowest BCUT2D eigenvalue weighted by atomic mass is 9.93. The largest absolute Gasteiger partial charge is 0.331 e. The van der Waals surface area contributed by atoms with Crippen molar-refractivity contribution in [1.82, 2.24) is 10.2 Å². The number of amides is 1. The maximum absolute atomic E-state index is 13.5. The fraction of sp³-hybridized carbons (Fsp3) is 0.450. The minimum Gasteiger partial charge on any atom is -0.331 e. The van der Waals surface area contributed by atoms with E-state index in [0.717, 1.165) is 43.5 Å². The standard InChI is InChI=1S/C20H23N3O3S.ClH/c1-14-2-3-16(23(25)26)10-17(14)19(24)22(12-15-4-9-27-13-15)18-11-20(18)5-7-21-8-6-20;/h2-4,9-10,13,18,21H,5-8,11-12H2,1H3;1H. The lowest BCUT2D eigenvalue weighted by molar-refractivity contribution is -0.384. The SMILES string of the molecule is Cc1ccc([N+](=O)[O-])cc1C(=O)N(Cc1ccsc1)C1CC12CCNCC2.Cl. The Kier molecular flexibility index (Phi) is 6.07. The normalized spacial score (nSPS) is 19.7. The van der Waals surface area contributed by atoms with Crippen LogP contribution in [0.1, 0.15) is 40.7 Å². The Balaban J connectivity index is 0.00000225. The maximum Gasteiger partial charge on any atom is 0.270 e. The second-order valence-corrected chi connectivity index (χ2v) is 8.43. The highest BCUT2D eigenvalue weighted by atomic mass is 35.5. The molecule has 0 bridgehead atoms.